The number of aromatic nitrogens is 1. The lowest BCUT2D eigenvalue weighted by Gasteiger charge is -2.07. The molecule has 0 amide bonds. The van der Waals surface area contributed by atoms with Gasteiger partial charge in [0.2, 0.25) is 0 Å². The number of pyridine rings is 1. The molecule has 0 bridgehead atoms. The molecule has 2 aromatic rings. The van der Waals surface area contributed by atoms with Gasteiger partial charge in [-0.2, -0.15) is 0 Å². The summed E-state index contributed by atoms with van der Waals surface area (Å²) in [6.07, 6.45) is 1.78. The Balaban J connectivity index is 0.000000606. The third-order valence-electron chi connectivity index (χ3n) is 2.39. The number of nitrogens with two attached hydrogens (primary N) is 1. The van der Waals surface area contributed by atoms with Crippen LogP contribution in [0, 0.1) is 6.92 Å². The number of benzene rings is 1. The number of hydrogen-bond donors (Lipinski definition) is 2. The van der Waals surface area contributed by atoms with Gasteiger partial charge in [0.25, 0.3) is 0 Å². The standard InChI is InChI=1S/C11H13N3.C2H6/c1-7-5-9-8(6-10(7)12)3-4-14-11(9)13-2;1-2/h3-6H,12H2,1-2H3,(H,13,14);1-2H3. The minimum atomic E-state index is 0.825. The Labute approximate surface area is 96.7 Å². The number of hydrogen-bond acceptors (Lipinski definition) is 3. The molecule has 86 valence electrons. The van der Waals surface area contributed by atoms with Gasteiger partial charge in [0, 0.05) is 24.3 Å². The fraction of sp³-hybridized carbons (Fsp3) is 0.308. The molecular formula is C13H19N3. The van der Waals surface area contributed by atoms with Crippen LogP contribution in [0.4, 0.5) is 11.5 Å². The number of rotatable bonds is 1. The van der Waals surface area contributed by atoms with Gasteiger partial charge in [-0.05, 0) is 36.1 Å². The van der Waals surface area contributed by atoms with E-state index in [9.17, 15) is 0 Å². The van der Waals surface area contributed by atoms with E-state index in [-0.39, 0.29) is 0 Å². The molecule has 1 aromatic heterocycles. The second-order valence-electron chi connectivity index (χ2n) is 3.34. The molecule has 0 radical (unpaired) electrons. The number of aryl methyl sites for hydroxylation is 1. The number of fused-ring (bicyclic) bond motifs is 1. The van der Waals surface area contributed by atoms with Crippen molar-refractivity contribution in [3.05, 3.63) is 30.0 Å². The van der Waals surface area contributed by atoms with Crippen molar-refractivity contribution in [1.29, 1.82) is 0 Å². The molecule has 3 N–H and O–H groups in total. The van der Waals surface area contributed by atoms with E-state index in [0.717, 1.165) is 27.8 Å². The van der Waals surface area contributed by atoms with Gasteiger partial charge in [-0.25, -0.2) is 4.98 Å². The molecule has 0 spiro atoms. The zero-order valence-corrected chi connectivity index (χ0v) is 10.3. The smallest absolute Gasteiger partial charge is 0.133 e. The molecule has 2 rings (SSSR count). The minimum absolute atomic E-state index is 0.825. The molecule has 3 nitrogen and oxygen atoms in total. The molecule has 0 aliphatic heterocycles. The van der Waals surface area contributed by atoms with Gasteiger partial charge in [-0.1, -0.05) is 13.8 Å². The topological polar surface area (TPSA) is 50.9 Å². The van der Waals surface area contributed by atoms with E-state index in [1.165, 1.54) is 0 Å². The summed E-state index contributed by atoms with van der Waals surface area (Å²) < 4.78 is 0. The van der Waals surface area contributed by atoms with Crippen molar-refractivity contribution in [1.82, 2.24) is 4.98 Å². The van der Waals surface area contributed by atoms with Crippen molar-refractivity contribution < 1.29 is 0 Å². The Hall–Kier alpha value is -1.77. The molecule has 1 heterocycles. The lowest BCUT2D eigenvalue weighted by Crippen LogP contribution is -1.95. The highest BCUT2D eigenvalue weighted by molar-refractivity contribution is 5.94. The fourth-order valence-electron chi connectivity index (χ4n) is 1.55. The Morgan fingerprint density at radius 2 is 1.94 bits per heavy atom. The van der Waals surface area contributed by atoms with E-state index in [2.05, 4.69) is 16.4 Å². The van der Waals surface area contributed by atoms with E-state index in [4.69, 9.17) is 5.73 Å². The summed E-state index contributed by atoms with van der Waals surface area (Å²) in [6, 6.07) is 6.00. The average molecular weight is 217 g/mol. The molecule has 0 aliphatic rings. The summed E-state index contributed by atoms with van der Waals surface area (Å²) in [4.78, 5) is 4.24. The van der Waals surface area contributed by atoms with Gasteiger partial charge in [-0.15, -0.1) is 0 Å². The molecule has 0 atom stereocenters. The van der Waals surface area contributed by atoms with Crippen LogP contribution < -0.4 is 11.1 Å². The van der Waals surface area contributed by atoms with Crippen LogP contribution in [0.3, 0.4) is 0 Å². The summed E-state index contributed by atoms with van der Waals surface area (Å²) in [7, 11) is 1.87. The third-order valence-corrected chi connectivity index (χ3v) is 2.39. The maximum Gasteiger partial charge on any atom is 0.133 e. The van der Waals surface area contributed by atoms with Gasteiger partial charge in [0.05, 0.1) is 0 Å². The van der Waals surface area contributed by atoms with Crippen molar-refractivity contribution >= 4 is 22.3 Å². The largest absolute Gasteiger partial charge is 0.398 e. The van der Waals surface area contributed by atoms with Crippen LogP contribution in [0.25, 0.3) is 10.8 Å². The van der Waals surface area contributed by atoms with Crippen LogP contribution in [0.2, 0.25) is 0 Å². The van der Waals surface area contributed by atoms with Crippen molar-refractivity contribution in [2.75, 3.05) is 18.1 Å². The van der Waals surface area contributed by atoms with Gasteiger partial charge >= 0.3 is 0 Å². The van der Waals surface area contributed by atoms with Crippen LogP contribution in [0.1, 0.15) is 19.4 Å². The maximum absolute atomic E-state index is 5.84. The first kappa shape index (κ1) is 12.3. The number of nitrogens with one attached hydrogen (secondary N) is 1. The Kier molecular flexibility index (Phi) is 4.11. The molecule has 0 aliphatic carbocycles. The highest BCUT2D eigenvalue weighted by Crippen LogP contribution is 2.25. The summed E-state index contributed by atoms with van der Waals surface area (Å²) in [5.74, 6) is 0.894. The molecule has 16 heavy (non-hydrogen) atoms. The zero-order chi connectivity index (χ0) is 12.1. The molecule has 0 unspecified atom stereocenters. The van der Waals surface area contributed by atoms with Crippen LogP contribution in [0.5, 0.6) is 0 Å². The first-order valence-electron chi connectivity index (χ1n) is 5.55. The highest BCUT2D eigenvalue weighted by Gasteiger charge is 2.02. The van der Waals surface area contributed by atoms with Gasteiger partial charge in [-0.3, -0.25) is 0 Å². The van der Waals surface area contributed by atoms with Gasteiger partial charge < -0.3 is 11.1 Å². The minimum Gasteiger partial charge on any atom is -0.398 e. The van der Waals surface area contributed by atoms with Crippen molar-refractivity contribution in [3.8, 4) is 0 Å². The van der Waals surface area contributed by atoms with Gasteiger partial charge in [0.15, 0.2) is 0 Å². The number of nitrogen functional groups attached to an aromatic ring is 1. The van der Waals surface area contributed by atoms with E-state index >= 15 is 0 Å². The molecule has 1 aromatic carbocycles. The van der Waals surface area contributed by atoms with Crippen LogP contribution in [0.15, 0.2) is 24.4 Å². The van der Waals surface area contributed by atoms with Gasteiger partial charge in [0.1, 0.15) is 5.82 Å². The first-order chi connectivity index (χ1) is 7.72. The van der Waals surface area contributed by atoms with E-state index in [1.54, 1.807) is 6.20 Å². The van der Waals surface area contributed by atoms with Crippen LogP contribution >= 0.6 is 0 Å². The summed E-state index contributed by atoms with van der Waals surface area (Å²) in [6.45, 7) is 6.00. The summed E-state index contributed by atoms with van der Waals surface area (Å²) in [5.41, 5.74) is 7.75. The second-order valence-corrected chi connectivity index (χ2v) is 3.34. The maximum atomic E-state index is 5.84. The Morgan fingerprint density at radius 3 is 2.56 bits per heavy atom. The van der Waals surface area contributed by atoms with E-state index in [1.807, 2.05) is 40.0 Å². The van der Waals surface area contributed by atoms with Crippen molar-refractivity contribution in [3.63, 3.8) is 0 Å². The predicted molar refractivity (Wildman–Crippen MR) is 71.8 cm³/mol. The quantitative estimate of drug-likeness (QED) is 0.721. The first-order valence-corrected chi connectivity index (χ1v) is 5.55. The van der Waals surface area contributed by atoms with E-state index in [0.29, 0.717) is 0 Å². The molecular weight excluding hydrogens is 198 g/mol. The second kappa shape index (κ2) is 5.35. The predicted octanol–water partition coefficient (Wildman–Crippen LogP) is 3.19. The fourth-order valence-corrected chi connectivity index (χ4v) is 1.55. The van der Waals surface area contributed by atoms with Crippen LogP contribution in [-0.4, -0.2) is 12.0 Å². The van der Waals surface area contributed by atoms with Crippen molar-refractivity contribution in [2.45, 2.75) is 20.8 Å². The Morgan fingerprint density at radius 1 is 1.25 bits per heavy atom. The summed E-state index contributed by atoms with van der Waals surface area (Å²) in [5, 5.41) is 5.30. The number of nitrogens with zero attached hydrogens (tertiary/aromatic N) is 1. The monoisotopic (exact) mass is 217 g/mol. The van der Waals surface area contributed by atoms with E-state index < -0.39 is 0 Å². The molecule has 0 saturated carbocycles. The zero-order valence-electron chi connectivity index (χ0n) is 10.3. The SMILES string of the molecule is CC.CNc1nccc2cc(N)c(C)cc12. The lowest BCUT2D eigenvalue weighted by atomic mass is 10.1. The normalized spacial score (nSPS) is 9.50. The highest BCUT2D eigenvalue weighted by atomic mass is 14.9. The third kappa shape index (κ3) is 2.24. The lowest BCUT2D eigenvalue weighted by molar-refractivity contribution is 1.31. The Bertz CT molecular complexity index is 478. The van der Waals surface area contributed by atoms with Crippen molar-refractivity contribution in [2.24, 2.45) is 0 Å². The molecule has 0 fully saturated rings. The average Bonchev–Trinajstić information content (AvgIpc) is 2.32. The number of anilines is 2. The summed E-state index contributed by atoms with van der Waals surface area (Å²) >= 11 is 0. The molecule has 3 heteroatoms. The molecule has 0 saturated heterocycles. The van der Waals surface area contributed by atoms with Crippen LogP contribution in [-0.2, 0) is 0 Å².